The third kappa shape index (κ3) is 1.55. The van der Waals surface area contributed by atoms with Gasteiger partial charge in [-0.25, -0.2) is 4.98 Å². The molecule has 2 aromatic heterocycles. The van der Waals surface area contributed by atoms with Gasteiger partial charge in [0, 0.05) is 22.8 Å². The van der Waals surface area contributed by atoms with E-state index < -0.39 is 0 Å². The van der Waals surface area contributed by atoms with Gasteiger partial charge in [0.05, 0.1) is 5.69 Å². The van der Waals surface area contributed by atoms with Crippen LogP contribution in [0, 0.1) is 6.92 Å². The number of nitrogens with zero attached hydrogens (tertiary/aromatic N) is 2. The second-order valence-electron chi connectivity index (χ2n) is 3.26. The molecular weight excluding hydrogens is 242 g/mol. The Morgan fingerprint density at radius 3 is 3.00 bits per heavy atom. The first kappa shape index (κ1) is 9.68. The van der Waals surface area contributed by atoms with Gasteiger partial charge in [0.25, 0.3) is 0 Å². The Labute approximate surface area is 91.1 Å². The highest BCUT2D eigenvalue weighted by atomic mass is 79.9. The summed E-state index contributed by atoms with van der Waals surface area (Å²) in [4.78, 5) is 4.51. The van der Waals surface area contributed by atoms with Crippen LogP contribution in [0.3, 0.4) is 0 Å². The number of imidazole rings is 1. The molecule has 2 rings (SSSR count). The number of fused-ring (bicyclic) bond motifs is 1. The maximum Gasteiger partial charge on any atom is 0.137 e. The van der Waals surface area contributed by atoms with E-state index in [1.165, 1.54) is 5.69 Å². The highest BCUT2D eigenvalue weighted by molar-refractivity contribution is 9.10. The molecular formula is C10H12BrN3. The minimum Gasteiger partial charge on any atom is -0.330 e. The fourth-order valence-electron chi connectivity index (χ4n) is 1.56. The van der Waals surface area contributed by atoms with Crippen molar-refractivity contribution in [2.24, 2.45) is 5.73 Å². The molecule has 0 aliphatic rings. The number of hydrogen-bond acceptors (Lipinski definition) is 2. The van der Waals surface area contributed by atoms with Gasteiger partial charge in [0.15, 0.2) is 0 Å². The molecule has 14 heavy (non-hydrogen) atoms. The Hall–Kier alpha value is -0.870. The van der Waals surface area contributed by atoms with Crippen molar-refractivity contribution in [3.05, 3.63) is 34.2 Å². The van der Waals surface area contributed by atoms with Gasteiger partial charge in [-0.1, -0.05) is 0 Å². The SMILES string of the molecule is Cc1c(CCN)nc2ccc(Br)cn12. The molecule has 0 spiro atoms. The smallest absolute Gasteiger partial charge is 0.137 e. The van der Waals surface area contributed by atoms with Crippen LogP contribution in [0.15, 0.2) is 22.8 Å². The van der Waals surface area contributed by atoms with Gasteiger partial charge in [-0.15, -0.1) is 0 Å². The lowest BCUT2D eigenvalue weighted by molar-refractivity contribution is 0.920. The molecule has 0 saturated carbocycles. The summed E-state index contributed by atoms with van der Waals surface area (Å²) in [5.41, 5.74) is 8.76. The molecule has 0 unspecified atom stereocenters. The van der Waals surface area contributed by atoms with Gasteiger partial charge in [0.2, 0.25) is 0 Å². The van der Waals surface area contributed by atoms with E-state index in [0.29, 0.717) is 6.54 Å². The van der Waals surface area contributed by atoms with Crippen LogP contribution in [0.1, 0.15) is 11.4 Å². The molecule has 74 valence electrons. The molecule has 4 heteroatoms. The first-order valence-corrected chi connectivity index (χ1v) is 5.35. The highest BCUT2D eigenvalue weighted by Gasteiger charge is 2.06. The summed E-state index contributed by atoms with van der Waals surface area (Å²) < 4.78 is 3.14. The molecule has 2 aromatic rings. The molecule has 3 nitrogen and oxygen atoms in total. The largest absolute Gasteiger partial charge is 0.330 e. The number of hydrogen-bond donors (Lipinski definition) is 1. The van der Waals surface area contributed by atoms with E-state index in [1.807, 2.05) is 18.3 Å². The molecule has 0 saturated heterocycles. The zero-order chi connectivity index (χ0) is 10.1. The molecule has 0 aliphatic carbocycles. The van der Waals surface area contributed by atoms with E-state index in [2.05, 4.69) is 32.2 Å². The average molecular weight is 254 g/mol. The average Bonchev–Trinajstić information content (AvgIpc) is 2.46. The molecule has 0 aromatic carbocycles. The molecule has 0 amide bonds. The van der Waals surface area contributed by atoms with Gasteiger partial charge < -0.3 is 10.1 Å². The van der Waals surface area contributed by atoms with Crippen molar-refractivity contribution in [1.29, 1.82) is 0 Å². The zero-order valence-corrected chi connectivity index (χ0v) is 9.58. The van der Waals surface area contributed by atoms with E-state index in [1.54, 1.807) is 0 Å². The third-order valence-corrected chi connectivity index (χ3v) is 2.77. The molecule has 0 bridgehead atoms. The minimum atomic E-state index is 0.645. The van der Waals surface area contributed by atoms with Crippen molar-refractivity contribution in [2.45, 2.75) is 13.3 Å². The number of nitrogens with two attached hydrogens (primary N) is 1. The predicted molar refractivity (Wildman–Crippen MR) is 60.4 cm³/mol. The third-order valence-electron chi connectivity index (χ3n) is 2.30. The number of rotatable bonds is 2. The van der Waals surface area contributed by atoms with E-state index in [-0.39, 0.29) is 0 Å². The minimum absolute atomic E-state index is 0.645. The molecule has 2 heterocycles. The molecule has 0 aliphatic heterocycles. The summed E-state index contributed by atoms with van der Waals surface area (Å²) in [6, 6.07) is 3.99. The predicted octanol–water partition coefficient (Wildman–Crippen LogP) is 1.91. The standard InChI is InChI=1S/C10H12BrN3/c1-7-9(4-5-12)13-10-3-2-8(11)6-14(7)10/h2-3,6H,4-5,12H2,1H3. The van der Waals surface area contributed by atoms with Crippen LogP contribution >= 0.6 is 15.9 Å². The van der Waals surface area contributed by atoms with Crippen molar-refractivity contribution in [3.63, 3.8) is 0 Å². The van der Waals surface area contributed by atoms with Crippen LogP contribution in [0.2, 0.25) is 0 Å². The van der Waals surface area contributed by atoms with Gasteiger partial charge in [-0.3, -0.25) is 0 Å². The van der Waals surface area contributed by atoms with E-state index >= 15 is 0 Å². The van der Waals surface area contributed by atoms with Crippen molar-refractivity contribution in [3.8, 4) is 0 Å². The van der Waals surface area contributed by atoms with Crippen molar-refractivity contribution in [2.75, 3.05) is 6.54 Å². The van der Waals surface area contributed by atoms with E-state index in [9.17, 15) is 0 Å². The Morgan fingerprint density at radius 2 is 2.29 bits per heavy atom. The summed E-state index contributed by atoms with van der Waals surface area (Å²) in [5.74, 6) is 0. The lowest BCUT2D eigenvalue weighted by atomic mass is 10.2. The highest BCUT2D eigenvalue weighted by Crippen LogP contribution is 2.16. The lowest BCUT2D eigenvalue weighted by Crippen LogP contribution is -2.04. The Bertz CT molecular complexity index is 462. The number of aromatic nitrogens is 2. The maximum atomic E-state index is 5.52. The fourth-order valence-corrected chi connectivity index (χ4v) is 1.90. The molecule has 0 atom stereocenters. The quantitative estimate of drug-likeness (QED) is 0.889. The Kier molecular flexibility index (Phi) is 2.56. The maximum absolute atomic E-state index is 5.52. The van der Waals surface area contributed by atoms with Gasteiger partial charge >= 0.3 is 0 Å². The van der Waals surface area contributed by atoms with Crippen LogP contribution in [0.4, 0.5) is 0 Å². The van der Waals surface area contributed by atoms with Crippen LogP contribution in [0.25, 0.3) is 5.65 Å². The van der Waals surface area contributed by atoms with E-state index in [4.69, 9.17) is 5.73 Å². The van der Waals surface area contributed by atoms with Crippen LogP contribution in [-0.4, -0.2) is 15.9 Å². The summed E-state index contributed by atoms with van der Waals surface area (Å²) in [5, 5.41) is 0. The van der Waals surface area contributed by atoms with Gasteiger partial charge in [0.1, 0.15) is 5.65 Å². The normalized spacial score (nSPS) is 11.1. The Morgan fingerprint density at radius 1 is 1.50 bits per heavy atom. The summed E-state index contributed by atoms with van der Waals surface area (Å²) in [6.45, 7) is 2.71. The first-order valence-electron chi connectivity index (χ1n) is 4.55. The fraction of sp³-hybridized carbons (Fsp3) is 0.300. The van der Waals surface area contributed by atoms with Gasteiger partial charge in [-0.2, -0.15) is 0 Å². The molecule has 0 radical (unpaired) electrons. The van der Waals surface area contributed by atoms with Crippen molar-refractivity contribution < 1.29 is 0 Å². The second kappa shape index (κ2) is 3.71. The first-order chi connectivity index (χ1) is 6.72. The second-order valence-corrected chi connectivity index (χ2v) is 4.17. The van der Waals surface area contributed by atoms with E-state index in [0.717, 1.165) is 22.2 Å². The number of aryl methyl sites for hydroxylation is 1. The monoisotopic (exact) mass is 253 g/mol. The summed E-state index contributed by atoms with van der Waals surface area (Å²) in [7, 11) is 0. The number of halogens is 1. The van der Waals surface area contributed by atoms with Crippen LogP contribution in [0.5, 0.6) is 0 Å². The molecule has 2 N–H and O–H groups in total. The summed E-state index contributed by atoms with van der Waals surface area (Å²) >= 11 is 3.44. The van der Waals surface area contributed by atoms with Crippen LogP contribution < -0.4 is 5.73 Å². The lowest BCUT2D eigenvalue weighted by Gasteiger charge is -1.97. The molecule has 0 fully saturated rings. The van der Waals surface area contributed by atoms with Crippen molar-refractivity contribution >= 4 is 21.6 Å². The summed E-state index contributed by atoms with van der Waals surface area (Å²) in [6.07, 6.45) is 2.86. The Balaban J connectivity index is 2.62. The van der Waals surface area contributed by atoms with Gasteiger partial charge in [-0.05, 0) is 41.5 Å². The van der Waals surface area contributed by atoms with Crippen LogP contribution in [-0.2, 0) is 6.42 Å². The number of pyridine rings is 1. The van der Waals surface area contributed by atoms with Crippen molar-refractivity contribution in [1.82, 2.24) is 9.38 Å². The zero-order valence-electron chi connectivity index (χ0n) is 8.00. The topological polar surface area (TPSA) is 43.3 Å².